The zero-order valence-electron chi connectivity index (χ0n) is 7.13. The molecule has 64 valence electrons. The van der Waals surface area contributed by atoms with Gasteiger partial charge in [-0.15, -0.1) is 0 Å². The minimum Gasteiger partial charge on any atom is -0.477 e. The zero-order chi connectivity index (χ0) is 8.55. The van der Waals surface area contributed by atoms with E-state index in [-0.39, 0.29) is 0 Å². The Labute approximate surface area is 70.6 Å². The number of rotatable bonds is 1. The van der Waals surface area contributed by atoms with E-state index in [0.29, 0.717) is 18.5 Å². The quantitative estimate of drug-likeness (QED) is 0.616. The van der Waals surface area contributed by atoms with E-state index < -0.39 is 0 Å². The highest BCUT2D eigenvalue weighted by Gasteiger charge is 2.18. The average Bonchev–Trinajstić information content (AvgIpc) is 2.52. The van der Waals surface area contributed by atoms with Gasteiger partial charge in [0.2, 0.25) is 5.88 Å². The maximum Gasteiger partial charge on any atom is 0.319 e. The van der Waals surface area contributed by atoms with Gasteiger partial charge in [-0.05, 0) is 6.92 Å². The highest BCUT2D eigenvalue weighted by molar-refractivity contribution is 5.34. The van der Waals surface area contributed by atoms with E-state index >= 15 is 0 Å². The summed E-state index contributed by atoms with van der Waals surface area (Å²) in [5, 5.41) is 0. The lowest BCUT2D eigenvalue weighted by Crippen LogP contribution is -1.97. The van der Waals surface area contributed by atoms with Gasteiger partial charge in [-0.1, -0.05) is 0 Å². The number of ether oxygens (including phenoxy) is 2. The van der Waals surface area contributed by atoms with Gasteiger partial charge in [0.25, 0.3) is 0 Å². The second-order valence-electron chi connectivity index (χ2n) is 2.68. The van der Waals surface area contributed by atoms with Crippen LogP contribution in [0.2, 0.25) is 0 Å². The van der Waals surface area contributed by atoms with Crippen LogP contribution in [0.5, 0.6) is 11.9 Å². The smallest absolute Gasteiger partial charge is 0.319 e. The summed E-state index contributed by atoms with van der Waals surface area (Å²) >= 11 is 0. The monoisotopic (exact) mass is 166 g/mol. The van der Waals surface area contributed by atoms with Crippen molar-refractivity contribution >= 4 is 0 Å². The SMILES string of the molecule is COc1nc(C)c2c(n1)OCC2. The van der Waals surface area contributed by atoms with Crippen LogP contribution in [0.1, 0.15) is 11.3 Å². The Hall–Kier alpha value is -1.32. The van der Waals surface area contributed by atoms with Gasteiger partial charge in [0.05, 0.1) is 19.4 Å². The number of methoxy groups -OCH3 is 1. The summed E-state index contributed by atoms with van der Waals surface area (Å²) < 4.78 is 10.2. The summed E-state index contributed by atoms with van der Waals surface area (Å²) in [6, 6.07) is 0.383. The summed E-state index contributed by atoms with van der Waals surface area (Å²) in [5.74, 6) is 0.680. The van der Waals surface area contributed by atoms with Crippen LogP contribution in [0, 0.1) is 6.92 Å². The Morgan fingerprint density at radius 1 is 1.42 bits per heavy atom. The molecule has 1 aliphatic rings. The van der Waals surface area contributed by atoms with Gasteiger partial charge >= 0.3 is 6.01 Å². The molecule has 0 radical (unpaired) electrons. The first kappa shape index (κ1) is 7.34. The molecule has 1 aliphatic heterocycles. The molecule has 0 saturated carbocycles. The van der Waals surface area contributed by atoms with Crippen LogP contribution in [0.3, 0.4) is 0 Å². The van der Waals surface area contributed by atoms with Gasteiger partial charge < -0.3 is 9.47 Å². The largest absolute Gasteiger partial charge is 0.477 e. The van der Waals surface area contributed by atoms with Crippen molar-refractivity contribution in [1.82, 2.24) is 9.97 Å². The van der Waals surface area contributed by atoms with Crippen LogP contribution in [-0.2, 0) is 6.42 Å². The molecule has 0 unspecified atom stereocenters. The first-order valence-electron chi connectivity index (χ1n) is 3.85. The fourth-order valence-electron chi connectivity index (χ4n) is 1.29. The second-order valence-corrected chi connectivity index (χ2v) is 2.68. The van der Waals surface area contributed by atoms with Gasteiger partial charge in [0, 0.05) is 12.0 Å². The van der Waals surface area contributed by atoms with Crippen molar-refractivity contribution in [3.8, 4) is 11.9 Å². The molecule has 1 aromatic rings. The highest BCUT2D eigenvalue weighted by Crippen LogP contribution is 2.26. The van der Waals surface area contributed by atoms with E-state index in [2.05, 4.69) is 9.97 Å². The molecule has 2 heterocycles. The molecule has 0 amide bonds. The van der Waals surface area contributed by atoms with E-state index in [1.165, 1.54) is 0 Å². The minimum atomic E-state index is 0.383. The molecule has 2 rings (SSSR count). The van der Waals surface area contributed by atoms with E-state index in [0.717, 1.165) is 17.7 Å². The molecular formula is C8H10N2O2. The summed E-state index contributed by atoms with van der Waals surface area (Å²) in [4.78, 5) is 8.23. The van der Waals surface area contributed by atoms with Crippen LogP contribution in [0.25, 0.3) is 0 Å². The Morgan fingerprint density at radius 2 is 2.25 bits per heavy atom. The van der Waals surface area contributed by atoms with Crippen molar-refractivity contribution in [3.05, 3.63) is 11.3 Å². The Kier molecular flexibility index (Phi) is 1.60. The number of hydrogen-bond acceptors (Lipinski definition) is 4. The molecule has 0 aromatic carbocycles. The second kappa shape index (κ2) is 2.62. The lowest BCUT2D eigenvalue weighted by molar-refractivity contribution is 0.328. The van der Waals surface area contributed by atoms with Crippen LogP contribution in [-0.4, -0.2) is 23.7 Å². The van der Waals surface area contributed by atoms with E-state index in [1.54, 1.807) is 7.11 Å². The van der Waals surface area contributed by atoms with Crippen molar-refractivity contribution < 1.29 is 9.47 Å². The van der Waals surface area contributed by atoms with E-state index in [1.807, 2.05) is 6.92 Å². The maximum absolute atomic E-state index is 5.29. The standard InChI is InChI=1S/C8H10N2O2/c1-5-6-3-4-12-7(6)10-8(9-5)11-2/h3-4H2,1-2H3. The number of hydrogen-bond donors (Lipinski definition) is 0. The molecule has 4 heteroatoms. The van der Waals surface area contributed by atoms with Crippen molar-refractivity contribution in [2.45, 2.75) is 13.3 Å². The summed E-state index contributed by atoms with van der Waals surface area (Å²) in [6.45, 7) is 2.65. The Bertz CT molecular complexity index is 312. The van der Waals surface area contributed by atoms with Gasteiger partial charge in [-0.3, -0.25) is 0 Å². The lowest BCUT2D eigenvalue weighted by atomic mass is 10.2. The van der Waals surface area contributed by atoms with Gasteiger partial charge in [0.15, 0.2) is 0 Å². The molecule has 0 atom stereocenters. The van der Waals surface area contributed by atoms with Crippen LogP contribution < -0.4 is 9.47 Å². The first-order chi connectivity index (χ1) is 5.81. The number of aryl methyl sites for hydroxylation is 1. The van der Waals surface area contributed by atoms with Crippen LogP contribution in [0.4, 0.5) is 0 Å². The maximum atomic E-state index is 5.29. The highest BCUT2D eigenvalue weighted by atomic mass is 16.5. The van der Waals surface area contributed by atoms with Crippen molar-refractivity contribution in [2.75, 3.05) is 13.7 Å². The van der Waals surface area contributed by atoms with Gasteiger partial charge in [-0.25, -0.2) is 4.98 Å². The van der Waals surface area contributed by atoms with E-state index in [9.17, 15) is 0 Å². The third-order valence-electron chi connectivity index (χ3n) is 1.93. The minimum absolute atomic E-state index is 0.383. The average molecular weight is 166 g/mol. The molecule has 0 N–H and O–H groups in total. The predicted octanol–water partition coefficient (Wildman–Crippen LogP) is 0.729. The number of aromatic nitrogens is 2. The Morgan fingerprint density at radius 3 is 3.00 bits per heavy atom. The molecule has 1 aromatic heterocycles. The summed E-state index contributed by atoms with van der Waals surface area (Å²) in [5.41, 5.74) is 2.06. The van der Waals surface area contributed by atoms with Crippen molar-refractivity contribution in [2.24, 2.45) is 0 Å². The first-order valence-corrected chi connectivity index (χ1v) is 3.85. The zero-order valence-corrected chi connectivity index (χ0v) is 7.13. The van der Waals surface area contributed by atoms with Crippen molar-refractivity contribution in [1.29, 1.82) is 0 Å². The molecule has 0 fully saturated rings. The van der Waals surface area contributed by atoms with Crippen LogP contribution >= 0.6 is 0 Å². The summed E-state index contributed by atoms with van der Waals surface area (Å²) in [7, 11) is 1.55. The van der Waals surface area contributed by atoms with Gasteiger partial charge in [0.1, 0.15) is 0 Å². The predicted molar refractivity (Wildman–Crippen MR) is 42.5 cm³/mol. The van der Waals surface area contributed by atoms with Crippen molar-refractivity contribution in [3.63, 3.8) is 0 Å². The molecular weight excluding hydrogens is 156 g/mol. The fraction of sp³-hybridized carbons (Fsp3) is 0.500. The molecule has 0 saturated heterocycles. The third-order valence-corrected chi connectivity index (χ3v) is 1.93. The molecule has 0 aliphatic carbocycles. The molecule has 0 spiro atoms. The van der Waals surface area contributed by atoms with E-state index in [4.69, 9.17) is 9.47 Å². The molecule has 4 nitrogen and oxygen atoms in total. The topological polar surface area (TPSA) is 44.2 Å². The Balaban J connectivity index is 2.51. The number of fused-ring (bicyclic) bond motifs is 1. The fourth-order valence-corrected chi connectivity index (χ4v) is 1.29. The third kappa shape index (κ3) is 0.995. The van der Waals surface area contributed by atoms with Gasteiger partial charge in [-0.2, -0.15) is 4.98 Å². The van der Waals surface area contributed by atoms with Crippen LogP contribution in [0.15, 0.2) is 0 Å². The molecule has 0 bridgehead atoms. The number of nitrogens with zero attached hydrogens (tertiary/aromatic N) is 2. The lowest BCUT2D eigenvalue weighted by Gasteiger charge is -2.02. The molecule has 12 heavy (non-hydrogen) atoms. The summed E-state index contributed by atoms with van der Waals surface area (Å²) in [6.07, 6.45) is 0.908. The normalized spacial score (nSPS) is 13.8.